The zero-order valence-electron chi connectivity index (χ0n) is 20.8. The lowest BCUT2D eigenvalue weighted by molar-refractivity contribution is -0.143. The Labute approximate surface area is 222 Å². The molecule has 0 aliphatic rings. The summed E-state index contributed by atoms with van der Waals surface area (Å²) < 4.78 is 5.24. The fraction of sp³-hybridized carbons (Fsp3) is 0.241. The second kappa shape index (κ2) is 14.5. The Morgan fingerprint density at radius 1 is 0.865 bits per heavy atom. The summed E-state index contributed by atoms with van der Waals surface area (Å²) in [7, 11) is 1.71. The van der Waals surface area contributed by atoms with Crippen LogP contribution in [0.2, 0.25) is 0 Å². The molecule has 0 bridgehead atoms. The summed E-state index contributed by atoms with van der Waals surface area (Å²) in [5.41, 5.74) is 3.05. The second-order valence-corrected chi connectivity index (χ2v) is 8.85. The highest BCUT2D eigenvalue weighted by atomic mass is 32.1. The molecular weight excluding hydrogens is 486 g/mol. The highest BCUT2D eigenvalue weighted by molar-refractivity contribution is 7.80. The number of esters is 1. The molecular formula is C29H31N3O4S. The Bertz CT molecular complexity index is 1200. The first-order valence-corrected chi connectivity index (χ1v) is 12.6. The smallest absolute Gasteiger partial charge is 0.305 e. The maximum atomic E-state index is 12.8. The summed E-state index contributed by atoms with van der Waals surface area (Å²) in [6, 6.07) is 26.3. The second-order valence-electron chi connectivity index (χ2n) is 8.45. The van der Waals surface area contributed by atoms with Crippen LogP contribution in [0.4, 0.5) is 11.4 Å². The third-order valence-electron chi connectivity index (χ3n) is 5.57. The van der Waals surface area contributed by atoms with Gasteiger partial charge in [0.25, 0.3) is 5.91 Å². The maximum Gasteiger partial charge on any atom is 0.305 e. The molecule has 8 heteroatoms. The lowest BCUT2D eigenvalue weighted by atomic mass is 10.1. The Balaban J connectivity index is 1.35. The summed E-state index contributed by atoms with van der Waals surface area (Å²) in [6.07, 6.45) is 2.27. The van der Waals surface area contributed by atoms with Gasteiger partial charge in [-0.1, -0.05) is 54.6 Å². The van der Waals surface area contributed by atoms with Crippen molar-refractivity contribution in [3.05, 3.63) is 96.1 Å². The number of para-hydroxylation sites is 1. The van der Waals surface area contributed by atoms with E-state index in [1.54, 1.807) is 36.2 Å². The Morgan fingerprint density at radius 3 is 2.30 bits per heavy atom. The Kier molecular flexibility index (Phi) is 10.8. The first-order chi connectivity index (χ1) is 17.9. The van der Waals surface area contributed by atoms with E-state index in [4.69, 9.17) is 17.0 Å². The monoisotopic (exact) mass is 517 g/mol. The van der Waals surface area contributed by atoms with E-state index < -0.39 is 0 Å². The topological polar surface area (TPSA) is 87.7 Å². The molecule has 2 N–H and O–H groups in total. The number of rotatable bonds is 11. The van der Waals surface area contributed by atoms with Crippen molar-refractivity contribution in [3.63, 3.8) is 0 Å². The molecule has 0 radical (unpaired) electrons. The molecule has 3 aromatic rings. The summed E-state index contributed by atoms with van der Waals surface area (Å²) in [4.78, 5) is 38.5. The molecule has 0 saturated carbocycles. The van der Waals surface area contributed by atoms with Gasteiger partial charge >= 0.3 is 5.97 Å². The van der Waals surface area contributed by atoms with Crippen molar-refractivity contribution in [1.82, 2.24) is 5.32 Å². The van der Waals surface area contributed by atoms with Crippen molar-refractivity contribution in [1.29, 1.82) is 0 Å². The minimum Gasteiger partial charge on any atom is -0.466 e. The first kappa shape index (κ1) is 27.5. The molecule has 3 rings (SSSR count). The number of carbonyl (C=O) groups is 3. The van der Waals surface area contributed by atoms with Gasteiger partial charge in [-0.25, -0.2) is 0 Å². The fourth-order valence-electron chi connectivity index (χ4n) is 3.62. The highest BCUT2D eigenvalue weighted by Crippen LogP contribution is 2.17. The maximum absolute atomic E-state index is 12.8. The van der Waals surface area contributed by atoms with Crippen molar-refractivity contribution < 1.29 is 19.1 Å². The zero-order chi connectivity index (χ0) is 26.5. The molecule has 7 nitrogen and oxygen atoms in total. The van der Waals surface area contributed by atoms with Crippen LogP contribution >= 0.6 is 12.2 Å². The third-order valence-corrected chi connectivity index (χ3v) is 5.77. The number of hydrogen-bond acceptors (Lipinski definition) is 5. The van der Waals surface area contributed by atoms with Crippen molar-refractivity contribution in [2.75, 3.05) is 23.9 Å². The number of anilines is 2. The van der Waals surface area contributed by atoms with Gasteiger partial charge in [0.1, 0.15) is 0 Å². The number of ether oxygens (including phenoxy) is 1. The van der Waals surface area contributed by atoms with E-state index in [-0.39, 0.29) is 35.7 Å². The predicted octanol–water partition coefficient (Wildman–Crippen LogP) is 5.12. The van der Waals surface area contributed by atoms with Crippen LogP contribution in [0.15, 0.2) is 84.9 Å². The van der Waals surface area contributed by atoms with E-state index in [0.29, 0.717) is 24.3 Å². The molecule has 0 aliphatic heterocycles. The van der Waals surface area contributed by atoms with Gasteiger partial charge in [-0.15, -0.1) is 0 Å². The van der Waals surface area contributed by atoms with Crippen molar-refractivity contribution in [2.45, 2.75) is 32.1 Å². The van der Waals surface area contributed by atoms with Crippen LogP contribution in [0.5, 0.6) is 0 Å². The molecule has 0 atom stereocenters. The molecule has 192 valence electrons. The number of amides is 2. The van der Waals surface area contributed by atoms with Crippen LogP contribution in [0.25, 0.3) is 0 Å². The minimum atomic E-state index is -0.316. The van der Waals surface area contributed by atoms with Gasteiger partial charge in [-0.3, -0.25) is 14.4 Å². The number of nitrogens with zero attached hydrogens (tertiary/aromatic N) is 1. The quantitative estimate of drug-likeness (QED) is 0.209. The lowest BCUT2D eigenvalue weighted by Gasteiger charge is -2.18. The molecule has 0 heterocycles. The van der Waals surface area contributed by atoms with E-state index in [9.17, 15) is 14.4 Å². The SMILES string of the molecule is CN(C(=O)c1cccc(NC(=S)NC(=O)CCCC(=O)OCCCc2ccccc2)c1)c1ccccc1. The summed E-state index contributed by atoms with van der Waals surface area (Å²) in [6.45, 7) is 0.358. The van der Waals surface area contributed by atoms with Gasteiger partial charge in [0, 0.05) is 36.8 Å². The molecule has 3 aromatic carbocycles. The molecule has 0 unspecified atom stereocenters. The van der Waals surface area contributed by atoms with E-state index in [1.807, 2.05) is 60.7 Å². The third kappa shape index (κ3) is 9.50. The van der Waals surface area contributed by atoms with Gasteiger partial charge in [-0.05, 0) is 67.4 Å². The Hall–Kier alpha value is -4.04. The molecule has 37 heavy (non-hydrogen) atoms. The van der Waals surface area contributed by atoms with Crippen molar-refractivity contribution in [2.24, 2.45) is 0 Å². The van der Waals surface area contributed by atoms with E-state index >= 15 is 0 Å². The predicted molar refractivity (Wildman–Crippen MR) is 150 cm³/mol. The summed E-state index contributed by atoms with van der Waals surface area (Å²) in [5.74, 6) is -0.786. The first-order valence-electron chi connectivity index (χ1n) is 12.2. The van der Waals surface area contributed by atoms with Crippen LogP contribution in [0.3, 0.4) is 0 Å². The van der Waals surface area contributed by atoms with Gasteiger partial charge in [0.15, 0.2) is 5.11 Å². The summed E-state index contributed by atoms with van der Waals surface area (Å²) >= 11 is 5.23. The number of thiocarbonyl (C=S) groups is 1. The van der Waals surface area contributed by atoms with E-state index in [0.717, 1.165) is 18.5 Å². The molecule has 0 aromatic heterocycles. The Morgan fingerprint density at radius 2 is 1.57 bits per heavy atom. The van der Waals surface area contributed by atoms with E-state index in [2.05, 4.69) is 10.6 Å². The van der Waals surface area contributed by atoms with E-state index in [1.165, 1.54) is 5.56 Å². The zero-order valence-corrected chi connectivity index (χ0v) is 21.6. The van der Waals surface area contributed by atoms with Gasteiger partial charge < -0.3 is 20.3 Å². The standard InChI is InChI=1S/C29H31N3O4S/c1-32(25-16-6-3-7-17-25)28(35)23-14-8-15-24(21-23)30-29(37)31-26(33)18-9-19-27(34)36-20-10-13-22-11-4-2-5-12-22/h2-8,11-12,14-17,21H,9-10,13,18-20H2,1H3,(H2,30,31,33,37). The lowest BCUT2D eigenvalue weighted by Crippen LogP contribution is -2.34. The van der Waals surface area contributed by atoms with Gasteiger partial charge in [-0.2, -0.15) is 0 Å². The summed E-state index contributed by atoms with van der Waals surface area (Å²) in [5, 5.41) is 5.65. The van der Waals surface area contributed by atoms with Crippen LogP contribution < -0.4 is 15.5 Å². The fourth-order valence-corrected chi connectivity index (χ4v) is 3.85. The number of aryl methyl sites for hydroxylation is 1. The number of hydrogen-bond donors (Lipinski definition) is 2. The molecule has 0 saturated heterocycles. The van der Waals surface area contributed by atoms with Gasteiger partial charge in [0.05, 0.1) is 6.61 Å². The number of nitrogens with one attached hydrogen (secondary N) is 2. The van der Waals surface area contributed by atoms with Crippen LogP contribution in [0, 0.1) is 0 Å². The van der Waals surface area contributed by atoms with Crippen LogP contribution in [0.1, 0.15) is 41.6 Å². The van der Waals surface area contributed by atoms with Crippen LogP contribution in [-0.4, -0.2) is 36.6 Å². The van der Waals surface area contributed by atoms with Gasteiger partial charge in [0.2, 0.25) is 5.91 Å². The van der Waals surface area contributed by atoms with Crippen molar-refractivity contribution in [3.8, 4) is 0 Å². The largest absolute Gasteiger partial charge is 0.466 e. The normalized spacial score (nSPS) is 10.3. The highest BCUT2D eigenvalue weighted by Gasteiger charge is 2.14. The number of benzene rings is 3. The average molecular weight is 518 g/mol. The van der Waals surface area contributed by atoms with Crippen molar-refractivity contribution >= 4 is 46.5 Å². The molecule has 0 aliphatic carbocycles. The minimum absolute atomic E-state index is 0.120. The molecule has 0 spiro atoms. The van der Waals surface area contributed by atoms with Crippen LogP contribution in [-0.2, 0) is 20.7 Å². The average Bonchev–Trinajstić information content (AvgIpc) is 2.91. The number of carbonyl (C=O) groups excluding carboxylic acids is 3. The molecule has 0 fully saturated rings. The molecule has 2 amide bonds.